The Hall–Kier alpha value is -3.84. The number of nitrogens with one attached hydrogen (secondary N) is 1. The van der Waals surface area contributed by atoms with Crippen LogP contribution in [0, 0.1) is 5.41 Å². The summed E-state index contributed by atoms with van der Waals surface area (Å²) in [6.07, 6.45) is 0.412. The molecule has 7 heteroatoms. The lowest BCUT2D eigenvalue weighted by molar-refractivity contribution is -0.134. The van der Waals surface area contributed by atoms with Gasteiger partial charge in [0.25, 0.3) is 5.91 Å². The van der Waals surface area contributed by atoms with E-state index in [1.54, 1.807) is 18.2 Å². The van der Waals surface area contributed by atoms with Crippen LogP contribution in [0.15, 0.2) is 66.7 Å². The van der Waals surface area contributed by atoms with Crippen molar-refractivity contribution in [1.29, 1.82) is 0 Å². The second-order valence-electron chi connectivity index (χ2n) is 10.2. The molecule has 0 unspecified atom stereocenters. The second-order valence-corrected chi connectivity index (χ2v) is 10.2. The van der Waals surface area contributed by atoms with Crippen molar-refractivity contribution in [3.05, 3.63) is 89.0 Å². The predicted octanol–water partition coefficient (Wildman–Crippen LogP) is 5.09. The fourth-order valence-corrected chi connectivity index (χ4v) is 4.09. The molecule has 3 N–H and O–H groups in total. The minimum atomic E-state index is -0.260. The Morgan fingerprint density at radius 1 is 0.917 bits per heavy atom. The van der Waals surface area contributed by atoms with Crippen LogP contribution in [0.3, 0.4) is 0 Å². The van der Waals surface area contributed by atoms with Gasteiger partial charge in [0.05, 0.1) is 0 Å². The monoisotopic (exact) mass is 487 g/mol. The SMILES string of the molecule is CC(C)(C)CC(=O)N(Cc1cccc(CN)c1)Cc1ccccc1NC(=O)c1ccc2c(c1)OCO2. The Balaban J connectivity index is 1.56. The summed E-state index contributed by atoms with van der Waals surface area (Å²) in [6, 6.07) is 20.6. The van der Waals surface area contributed by atoms with Gasteiger partial charge in [0.15, 0.2) is 11.5 Å². The van der Waals surface area contributed by atoms with E-state index in [0.29, 0.717) is 48.8 Å². The van der Waals surface area contributed by atoms with Crippen LogP contribution in [-0.4, -0.2) is 23.5 Å². The van der Waals surface area contributed by atoms with Crippen LogP contribution in [0.4, 0.5) is 5.69 Å². The van der Waals surface area contributed by atoms with Gasteiger partial charge in [-0.1, -0.05) is 63.2 Å². The molecule has 188 valence electrons. The highest BCUT2D eigenvalue weighted by Crippen LogP contribution is 2.33. The summed E-state index contributed by atoms with van der Waals surface area (Å²) < 4.78 is 10.7. The maximum Gasteiger partial charge on any atom is 0.255 e. The van der Waals surface area contributed by atoms with Crippen molar-refractivity contribution in [3.63, 3.8) is 0 Å². The molecule has 3 aromatic carbocycles. The summed E-state index contributed by atoms with van der Waals surface area (Å²) in [6.45, 7) is 7.56. The van der Waals surface area contributed by atoms with Gasteiger partial charge in [-0.2, -0.15) is 0 Å². The average molecular weight is 488 g/mol. The average Bonchev–Trinajstić information content (AvgIpc) is 3.32. The summed E-state index contributed by atoms with van der Waals surface area (Å²) in [5.41, 5.74) is 9.68. The van der Waals surface area contributed by atoms with E-state index in [1.165, 1.54) is 0 Å². The lowest BCUT2D eigenvalue weighted by Gasteiger charge is -2.28. The molecule has 3 aromatic rings. The van der Waals surface area contributed by atoms with E-state index in [2.05, 4.69) is 26.1 Å². The molecule has 2 amide bonds. The van der Waals surface area contributed by atoms with Gasteiger partial charge in [-0.25, -0.2) is 0 Å². The Kier molecular flexibility index (Phi) is 7.60. The van der Waals surface area contributed by atoms with Gasteiger partial charge < -0.3 is 25.4 Å². The normalized spacial score (nSPS) is 12.3. The number of nitrogens with zero attached hydrogens (tertiary/aromatic N) is 1. The van der Waals surface area contributed by atoms with Gasteiger partial charge in [-0.3, -0.25) is 9.59 Å². The standard InChI is InChI=1S/C29H33N3O4/c1-29(2,3)15-27(33)32(17-21-8-6-7-20(13-21)16-30)18-23-9-4-5-10-24(23)31-28(34)22-11-12-25-26(14-22)36-19-35-25/h4-14H,15-19,30H2,1-3H3,(H,31,34). The Morgan fingerprint density at radius 3 is 2.44 bits per heavy atom. The third-order valence-corrected chi connectivity index (χ3v) is 5.90. The van der Waals surface area contributed by atoms with Crippen molar-refractivity contribution < 1.29 is 19.1 Å². The van der Waals surface area contributed by atoms with Gasteiger partial charge >= 0.3 is 0 Å². The van der Waals surface area contributed by atoms with Crippen molar-refractivity contribution in [3.8, 4) is 11.5 Å². The van der Waals surface area contributed by atoms with Crippen LogP contribution < -0.4 is 20.5 Å². The van der Waals surface area contributed by atoms with Crippen molar-refractivity contribution in [1.82, 2.24) is 4.90 Å². The number of hydrogen-bond acceptors (Lipinski definition) is 5. The zero-order valence-corrected chi connectivity index (χ0v) is 21.0. The molecule has 1 aliphatic rings. The number of rotatable bonds is 8. The summed E-state index contributed by atoms with van der Waals surface area (Å²) >= 11 is 0. The van der Waals surface area contributed by atoms with Gasteiger partial charge in [0.2, 0.25) is 12.7 Å². The predicted molar refractivity (Wildman–Crippen MR) is 140 cm³/mol. The highest BCUT2D eigenvalue weighted by Gasteiger charge is 2.23. The topological polar surface area (TPSA) is 93.9 Å². The second kappa shape index (κ2) is 10.8. The summed E-state index contributed by atoms with van der Waals surface area (Å²) in [7, 11) is 0. The first-order valence-corrected chi connectivity index (χ1v) is 12.1. The third kappa shape index (κ3) is 6.43. The van der Waals surface area contributed by atoms with Crippen LogP contribution in [0.5, 0.6) is 11.5 Å². The zero-order chi connectivity index (χ0) is 25.7. The Labute approximate surface area is 212 Å². The molecular weight excluding hydrogens is 454 g/mol. The number of nitrogens with two attached hydrogens (primary N) is 1. The summed E-state index contributed by atoms with van der Waals surface area (Å²) in [5, 5.41) is 3.00. The van der Waals surface area contributed by atoms with Gasteiger partial charge in [-0.15, -0.1) is 0 Å². The maximum absolute atomic E-state index is 13.4. The summed E-state index contributed by atoms with van der Waals surface area (Å²) in [4.78, 5) is 28.2. The van der Waals surface area contributed by atoms with Gasteiger partial charge in [0.1, 0.15) is 0 Å². The van der Waals surface area contributed by atoms with Crippen LogP contribution in [-0.2, 0) is 24.4 Å². The molecule has 1 heterocycles. The molecule has 0 bridgehead atoms. The molecule has 0 spiro atoms. The molecule has 0 saturated carbocycles. The lowest BCUT2D eigenvalue weighted by Crippen LogP contribution is -2.33. The molecule has 0 saturated heterocycles. The minimum absolute atomic E-state index is 0.0533. The molecule has 0 atom stereocenters. The molecular formula is C29H33N3O4. The fraction of sp³-hybridized carbons (Fsp3) is 0.310. The van der Waals surface area contributed by atoms with Crippen LogP contribution in [0.25, 0.3) is 0 Å². The smallest absolute Gasteiger partial charge is 0.255 e. The van der Waals surface area contributed by atoms with E-state index >= 15 is 0 Å². The third-order valence-electron chi connectivity index (χ3n) is 5.90. The highest BCUT2D eigenvalue weighted by molar-refractivity contribution is 6.05. The van der Waals surface area contributed by atoms with E-state index in [4.69, 9.17) is 15.2 Å². The van der Waals surface area contributed by atoms with E-state index in [9.17, 15) is 9.59 Å². The van der Waals surface area contributed by atoms with Crippen molar-refractivity contribution in [2.24, 2.45) is 11.1 Å². The molecule has 1 aliphatic heterocycles. The Bertz CT molecular complexity index is 1250. The minimum Gasteiger partial charge on any atom is -0.454 e. The van der Waals surface area contributed by atoms with Gasteiger partial charge in [0, 0.05) is 37.3 Å². The molecule has 4 rings (SSSR count). The van der Waals surface area contributed by atoms with Crippen molar-refractivity contribution >= 4 is 17.5 Å². The number of para-hydroxylation sites is 1. The number of benzene rings is 3. The number of anilines is 1. The van der Waals surface area contributed by atoms with E-state index in [1.807, 2.05) is 53.4 Å². The number of carbonyl (C=O) groups is 2. The molecule has 0 aliphatic carbocycles. The van der Waals surface area contributed by atoms with Crippen LogP contribution in [0.1, 0.15) is 54.2 Å². The number of fused-ring (bicyclic) bond motifs is 1. The van der Waals surface area contributed by atoms with Crippen molar-refractivity contribution in [2.45, 2.75) is 46.8 Å². The fourth-order valence-electron chi connectivity index (χ4n) is 4.09. The number of amides is 2. The molecule has 7 nitrogen and oxygen atoms in total. The van der Waals surface area contributed by atoms with Crippen molar-refractivity contribution in [2.75, 3.05) is 12.1 Å². The van der Waals surface area contributed by atoms with E-state index in [0.717, 1.165) is 16.7 Å². The Morgan fingerprint density at radius 2 is 1.67 bits per heavy atom. The number of ether oxygens (including phenoxy) is 2. The highest BCUT2D eigenvalue weighted by atomic mass is 16.7. The van der Waals surface area contributed by atoms with Gasteiger partial charge in [-0.05, 0) is 46.4 Å². The van der Waals surface area contributed by atoms with Crippen LogP contribution in [0.2, 0.25) is 0 Å². The summed E-state index contributed by atoms with van der Waals surface area (Å²) in [5.74, 6) is 0.967. The first kappa shape index (κ1) is 25.3. The first-order chi connectivity index (χ1) is 17.2. The molecule has 36 heavy (non-hydrogen) atoms. The largest absolute Gasteiger partial charge is 0.454 e. The first-order valence-electron chi connectivity index (χ1n) is 12.1. The van der Waals surface area contributed by atoms with Crippen LogP contribution >= 0.6 is 0 Å². The molecule has 0 radical (unpaired) electrons. The molecule has 0 fully saturated rings. The zero-order valence-electron chi connectivity index (χ0n) is 21.0. The van der Waals surface area contributed by atoms with E-state index < -0.39 is 0 Å². The quantitative estimate of drug-likeness (QED) is 0.462. The molecule has 0 aromatic heterocycles. The lowest BCUT2D eigenvalue weighted by atomic mass is 9.91. The number of carbonyl (C=O) groups excluding carboxylic acids is 2. The maximum atomic E-state index is 13.4. The number of hydrogen-bond donors (Lipinski definition) is 2. The van der Waals surface area contributed by atoms with E-state index in [-0.39, 0.29) is 24.0 Å².